The lowest BCUT2D eigenvalue weighted by atomic mass is 10.1. The average molecular weight is 353 g/mol. The highest BCUT2D eigenvalue weighted by Crippen LogP contribution is 2.20. The predicted molar refractivity (Wildman–Crippen MR) is 106 cm³/mol. The Hall–Kier alpha value is -2.80. The number of nitrogens with one attached hydrogen (secondary N) is 2. The lowest BCUT2D eigenvalue weighted by Crippen LogP contribution is -2.34. The Bertz CT molecular complexity index is 876. The topological polar surface area (TPSA) is 108 Å². The monoisotopic (exact) mass is 353 g/mol. The van der Waals surface area contributed by atoms with Crippen molar-refractivity contribution in [1.82, 2.24) is 10.3 Å². The molecule has 0 saturated carbocycles. The molecule has 0 fully saturated rings. The van der Waals surface area contributed by atoms with Gasteiger partial charge in [-0.3, -0.25) is 4.99 Å². The summed E-state index contributed by atoms with van der Waals surface area (Å²) in [6.07, 6.45) is 3.05. The third-order valence-corrected chi connectivity index (χ3v) is 4.44. The number of hydrogen-bond donors (Lipinski definition) is 4. The number of aryl methyl sites for hydroxylation is 1. The summed E-state index contributed by atoms with van der Waals surface area (Å²) in [5.74, 6) is 0.150. The average Bonchev–Trinajstić information content (AvgIpc) is 3.00. The standard InChI is InChI=1S/C19H27N7/c1-13-10-16-11-26(12-24-18(16)25-13)17-6-4-15(5-7-17)14(2)22-8-3-9-23-19(20)21/h4-7,10-11,14,22H,3,8-9,12H2,1-2H3,(H,24,25)(H4,20,21,23). The first-order chi connectivity index (χ1) is 12.5. The number of anilines is 1. The fraction of sp³-hybridized carbons (Fsp3) is 0.368. The molecule has 7 nitrogen and oxygen atoms in total. The SMILES string of the molecule is Cc1cc2c([nH]1)=NCN(c1ccc(C(C)NCCCN=C(N)N)cc1)C=2. The van der Waals surface area contributed by atoms with Crippen LogP contribution in [0.5, 0.6) is 0 Å². The van der Waals surface area contributed by atoms with E-state index >= 15 is 0 Å². The van der Waals surface area contributed by atoms with E-state index in [0.717, 1.165) is 35.1 Å². The maximum Gasteiger partial charge on any atom is 0.185 e. The second-order valence-electron chi connectivity index (χ2n) is 6.58. The molecule has 138 valence electrons. The van der Waals surface area contributed by atoms with Gasteiger partial charge in [-0.05, 0) is 50.6 Å². The fourth-order valence-electron chi connectivity index (χ4n) is 3.02. The molecule has 26 heavy (non-hydrogen) atoms. The van der Waals surface area contributed by atoms with E-state index in [2.05, 4.69) is 68.6 Å². The van der Waals surface area contributed by atoms with E-state index in [1.807, 2.05) is 6.92 Å². The molecule has 7 heteroatoms. The van der Waals surface area contributed by atoms with Crippen molar-refractivity contribution in [2.24, 2.45) is 21.5 Å². The minimum absolute atomic E-state index is 0.150. The molecule has 3 rings (SSSR count). The van der Waals surface area contributed by atoms with E-state index in [1.54, 1.807) is 0 Å². The van der Waals surface area contributed by atoms with Crippen molar-refractivity contribution in [1.29, 1.82) is 0 Å². The molecule has 1 aromatic carbocycles. The summed E-state index contributed by atoms with van der Waals surface area (Å²) in [5.41, 5.74) is 15.1. The van der Waals surface area contributed by atoms with Crippen molar-refractivity contribution in [2.45, 2.75) is 26.3 Å². The van der Waals surface area contributed by atoms with Crippen LogP contribution in [0, 0.1) is 6.92 Å². The van der Waals surface area contributed by atoms with Gasteiger partial charge in [-0.2, -0.15) is 0 Å². The van der Waals surface area contributed by atoms with Gasteiger partial charge in [0, 0.05) is 35.4 Å². The zero-order chi connectivity index (χ0) is 18.5. The van der Waals surface area contributed by atoms with Crippen LogP contribution in [0.3, 0.4) is 0 Å². The van der Waals surface area contributed by atoms with Gasteiger partial charge in [0.25, 0.3) is 0 Å². The minimum atomic E-state index is 0.150. The number of nitrogens with zero attached hydrogens (tertiary/aromatic N) is 3. The van der Waals surface area contributed by atoms with E-state index in [4.69, 9.17) is 11.5 Å². The summed E-state index contributed by atoms with van der Waals surface area (Å²) in [6, 6.07) is 11.0. The molecule has 0 bridgehead atoms. The van der Waals surface area contributed by atoms with E-state index < -0.39 is 0 Å². The molecule has 6 N–H and O–H groups in total. The Morgan fingerprint density at radius 3 is 2.85 bits per heavy atom. The molecule has 1 aliphatic rings. The van der Waals surface area contributed by atoms with Crippen LogP contribution in [-0.4, -0.2) is 30.7 Å². The molecule has 2 heterocycles. The van der Waals surface area contributed by atoms with Crippen LogP contribution in [-0.2, 0) is 0 Å². The molecular formula is C19H27N7. The third-order valence-electron chi connectivity index (χ3n) is 4.44. The second-order valence-corrected chi connectivity index (χ2v) is 6.58. The van der Waals surface area contributed by atoms with Crippen LogP contribution in [0.2, 0.25) is 0 Å². The van der Waals surface area contributed by atoms with Gasteiger partial charge in [-0.15, -0.1) is 0 Å². The number of fused-ring (bicyclic) bond motifs is 1. The van der Waals surface area contributed by atoms with Gasteiger partial charge in [0.15, 0.2) is 5.96 Å². The molecule has 0 spiro atoms. The molecule has 0 amide bonds. The van der Waals surface area contributed by atoms with Crippen molar-refractivity contribution in [3.8, 4) is 0 Å². The first kappa shape index (κ1) is 18.0. The normalized spacial score (nSPS) is 14.2. The van der Waals surface area contributed by atoms with Crippen LogP contribution in [0.4, 0.5) is 5.69 Å². The molecule has 0 radical (unpaired) electrons. The number of guanidine groups is 1. The number of benzene rings is 1. The van der Waals surface area contributed by atoms with Crippen LogP contribution < -0.4 is 32.4 Å². The van der Waals surface area contributed by atoms with Gasteiger partial charge in [0.1, 0.15) is 12.2 Å². The van der Waals surface area contributed by atoms with Crippen molar-refractivity contribution in [3.63, 3.8) is 0 Å². The number of aromatic amines is 1. The molecule has 2 aromatic rings. The van der Waals surface area contributed by atoms with Gasteiger partial charge >= 0.3 is 0 Å². The molecule has 1 aliphatic heterocycles. The molecule has 0 saturated heterocycles. The summed E-state index contributed by atoms with van der Waals surface area (Å²) in [6.45, 7) is 6.36. The summed E-state index contributed by atoms with van der Waals surface area (Å²) < 4.78 is 0. The first-order valence-electron chi connectivity index (χ1n) is 8.90. The maximum absolute atomic E-state index is 5.32. The number of aromatic nitrogens is 1. The summed E-state index contributed by atoms with van der Waals surface area (Å²) in [7, 11) is 0. The van der Waals surface area contributed by atoms with Crippen molar-refractivity contribution >= 4 is 17.8 Å². The zero-order valence-corrected chi connectivity index (χ0v) is 15.4. The van der Waals surface area contributed by atoms with E-state index in [1.165, 1.54) is 5.56 Å². The fourth-order valence-corrected chi connectivity index (χ4v) is 3.02. The van der Waals surface area contributed by atoms with Gasteiger partial charge in [0.05, 0.1) is 0 Å². The number of hydrogen-bond acceptors (Lipinski definition) is 4. The third kappa shape index (κ3) is 4.43. The number of rotatable bonds is 7. The van der Waals surface area contributed by atoms with Gasteiger partial charge in [0.2, 0.25) is 0 Å². The molecule has 1 atom stereocenters. The number of nitrogens with two attached hydrogens (primary N) is 2. The Morgan fingerprint density at radius 1 is 1.35 bits per heavy atom. The van der Waals surface area contributed by atoms with E-state index in [9.17, 15) is 0 Å². The minimum Gasteiger partial charge on any atom is -0.370 e. The molecule has 1 unspecified atom stereocenters. The number of H-pyrrole nitrogens is 1. The van der Waals surface area contributed by atoms with E-state index in [0.29, 0.717) is 13.2 Å². The lowest BCUT2D eigenvalue weighted by Gasteiger charge is -2.21. The Labute approximate surface area is 153 Å². The summed E-state index contributed by atoms with van der Waals surface area (Å²) in [5, 5.41) is 4.63. The van der Waals surface area contributed by atoms with Crippen molar-refractivity contribution in [3.05, 3.63) is 52.3 Å². The molecular weight excluding hydrogens is 326 g/mol. The molecule has 0 aliphatic carbocycles. The second kappa shape index (κ2) is 8.05. The van der Waals surface area contributed by atoms with Crippen LogP contribution in [0.15, 0.2) is 40.3 Å². The molecule has 1 aromatic heterocycles. The van der Waals surface area contributed by atoms with E-state index in [-0.39, 0.29) is 12.0 Å². The van der Waals surface area contributed by atoms with Gasteiger partial charge in [-0.1, -0.05) is 12.1 Å². The highest BCUT2D eigenvalue weighted by atomic mass is 15.2. The van der Waals surface area contributed by atoms with Gasteiger partial charge < -0.3 is 26.7 Å². The lowest BCUT2D eigenvalue weighted by molar-refractivity contribution is 0.562. The Morgan fingerprint density at radius 2 is 2.12 bits per heavy atom. The summed E-state index contributed by atoms with van der Waals surface area (Å²) in [4.78, 5) is 14.0. The predicted octanol–water partition coefficient (Wildman–Crippen LogP) is 0.473. The highest BCUT2D eigenvalue weighted by Gasteiger charge is 2.09. The maximum atomic E-state index is 5.32. The first-order valence-corrected chi connectivity index (χ1v) is 8.90. The largest absolute Gasteiger partial charge is 0.370 e. The van der Waals surface area contributed by atoms with Crippen LogP contribution in [0.1, 0.15) is 30.6 Å². The Kier molecular flexibility index (Phi) is 5.58. The Balaban J connectivity index is 1.58. The summed E-state index contributed by atoms with van der Waals surface area (Å²) >= 11 is 0. The number of aliphatic imine (C=N–C) groups is 1. The van der Waals surface area contributed by atoms with Crippen LogP contribution >= 0.6 is 0 Å². The van der Waals surface area contributed by atoms with Crippen molar-refractivity contribution in [2.75, 3.05) is 24.7 Å². The highest BCUT2D eigenvalue weighted by molar-refractivity contribution is 5.75. The van der Waals surface area contributed by atoms with Crippen LogP contribution in [0.25, 0.3) is 6.20 Å². The van der Waals surface area contributed by atoms with Gasteiger partial charge in [-0.25, -0.2) is 4.99 Å². The smallest absolute Gasteiger partial charge is 0.185 e. The van der Waals surface area contributed by atoms with Crippen molar-refractivity contribution < 1.29 is 0 Å². The quantitative estimate of drug-likeness (QED) is 0.330. The zero-order valence-electron chi connectivity index (χ0n) is 15.4.